The Bertz CT molecular complexity index is 1390. The van der Waals surface area contributed by atoms with E-state index in [2.05, 4.69) is 93.7 Å². The van der Waals surface area contributed by atoms with Gasteiger partial charge in [-0.2, -0.15) is 0 Å². The third kappa shape index (κ3) is 61.6. The molecule has 1 unspecified atom stereocenters. The molecule has 0 bridgehead atoms. The first kappa shape index (κ1) is 71.8. The predicted octanol–water partition coefficient (Wildman–Crippen LogP) is 22.1. The van der Waals surface area contributed by atoms with E-state index >= 15 is 0 Å². The second-order valence-corrected chi connectivity index (χ2v) is 21.6. The van der Waals surface area contributed by atoms with E-state index in [0.29, 0.717) is 19.3 Å². The number of allylic oxidation sites excluding steroid dienone is 12. The van der Waals surface area contributed by atoms with Crippen LogP contribution in [0, 0.1) is 0 Å². The zero-order valence-electron chi connectivity index (χ0n) is 49.8. The summed E-state index contributed by atoms with van der Waals surface area (Å²) < 4.78 is 16.9. The SMILES string of the molecule is CC/C=C\C/C=C\C/C=C\CCCCCCCC(=O)OCC(COC(=O)CCCCCCCCCCCCCCCCCCCCCCCCC)OC(=O)CCCCCCCC/C=C\C/C=C\C/C=C\CCCCC. The summed E-state index contributed by atoms with van der Waals surface area (Å²) in [6.07, 6.45) is 82.0. The van der Waals surface area contributed by atoms with Crippen molar-refractivity contribution in [2.75, 3.05) is 13.2 Å². The minimum atomic E-state index is -0.790. The molecule has 0 aromatic rings. The quantitative estimate of drug-likeness (QED) is 0.0261. The first-order valence-corrected chi connectivity index (χ1v) is 32.4. The van der Waals surface area contributed by atoms with Crippen LogP contribution in [0.1, 0.15) is 329 Å². The van der Waals surface area contributed by atoms with E-state index < -0.39 is 6.10 Å². The number of esters is 3. The maximum absolute atomic E-state index is 12.9. The van der Waals surface area contributed by atoms with Gasteiger partial charge in [0.05, 0.1) is 0 Å². The van der Waals surface area contributed by atoms with Crippen LogP contribution in [0.5, 0.6) is 0 Å². The summed E-state index contributed by atoms with van der Waals surface area (Å²) in [7, 11) is 0. The normalized spacial score (nSPS) is 12.5. The number of hydrogen-bond donors (Lipinski definition) is 0. The minimum absolute atomic E-state index is 0.0838. The van der Waals surface area contributed by atoms with Gasteiger partial charge in [0.15, 0.2) is 6.10 Å². The fourth-order valence-corrected chi connectivity index (χ4v) is 9.35. The van der Waals surface area contributed by atoms with Gasteiger partial charge in [0.25, 0.3) is 0 Å². The van der Waals surface area contributed by atoms with E-state index in [1.165, 1.54) is 167 Å². The molecule has 0 aliphatic heterocycles. The maximum atomic E-state index is 12.9. The van der Waals surface area contributed by atoms with E-state index in [1.807, 2.05) is 0 Å². The molecule has 0 aromatic carbocycles. The average molecular weight is 1050 g/mol. The lowest BCUT2D eigenvalue weighted by Gasteiger charge is -2.18. The van der Waals surface area contributed by atoms with Crippen molar-refractivity contribution >= 4 is 17.9 Å². The Kier molecular flexibility index (Phi) is 60.7. The van der Waals surface area contributed by atoms with Crippen LogP contribution in [0.2, 0.25) is 0 Å². The standard InChI is InChI=1S/C69H122O6/c1-4-7-10-13-16-19-22-25-28-30-32-33-34-35-37-38-41-44-47-50-53-56-59-62-68(71)74-65-66(64-73-67(70)61-58-55-52-49-46-43-40-27-24-21-18-15-12-9-6-3)75-69(72)63-60-57-54-51-48-45-42-39-36-31-29-26-23-20-17-14-11-8-5-2/h9,12,17-18,20-21,26-27,29,36,39-40,66H,4-8,10-11,13-16,19,22-25,28,30-35,37-38,41-65H2,1-3H3/b12-9-,20-17-,21-18-,29-26-,39-36-,40-27-. The molecule has 6 nitrogen and oxygen atoms in total. The summed E-state index contributed by atoms with van der Waals surface area (Å²) in [4.78, 5) is 38.3. The van der Waals surface area contributed by atoms with Gasteiger partial charge in [-0.25, -0.2) is 0 Å². The van der Waals surface area contributed by atoms with Crippen LogP contribution in [0.4, 0.5) is 0 Å². The molecule has 0 radical (unpaired) electrons. The van der Waals surface area contributed by atoms with Crippen molar-refractivity contribution < 1.29 is 28.6 Å². The molecule has 0 rings (SSSR count). The molecule has 0 N–H and O–H groups in total. The maximum Gasteiger partial charge on any atom is 0.306 e. The molecule has 0 saturated heterocycles. The first-order valence-electron chi connectivity index (χ1n) is 32.4. The molecular formula is C69H122O6. The van der Waals surface area contributed by atoms with Crippen LogP contribution >= 0.6 is 0 Å². The van der Waals surface area contributed by atoms with Crippen molar-refractivity contribution in [3.05, 3.63) is 72.9 Å². The van der Waals surface area contributed by atoms with Crippen LogP contribution < -0.4 is 0 Å². The number of rotatable bonds is 59. The van der Waals surface area contributed by atoms with Gasteiger partial charge in [-0.15, -0.1) is 0 Å². The number of hydrogen-bond acceptors (Lipinski definition) is 6. The smallest absolute Gasteiger partial charge is 0.306 e. The number of carbonyl (C=O) groups is 3. The van der Waals surface area contributed by atoms with Crippen molar-refractivity contribution in [1.29, 1.82) is 0 Å². The second-order valence-electron chi connectivity index (χ2n) is 21.6. The van der Waals surface area contributed by atoms with Crippen molar-refractivity contribution in [1.82, 2.24) is 0 Å². The molecule has 0 aliphatic rings. The zero-order valence-corrected chi connectivity index (χ0v) is 49.8. The summed E-state index contributed by atoms with van der Waals surface area (Å²) in [6, 6.07) is 0. The Balaban J connectivity index is 4.34. The first-order chi connectivity index (χ1) is 37.0. The van der Waals surface area contributed by atoms with Crippen molar-refractivity contribution in [2.45, 2.75) is 335 Å². The average Bonchev–Trinajstić information content (AvgIpc) is 3.41. The lowest BCUT2D eigenvalue weighted by Crippen LogP contribution is -2.30. The van der Waals surface area contributed by atoms with Gasteiger partial charge in [0, 0.05) is 19.3 Å². The fraction of sp³-hybridized carbons (Fsp3) is 0.783. The van der Waals surface area contributed by atoms with E-state index in [-0.39, 0.29) is 31.1 Å². The zero-order chi connectivity index (χ0) is 54.3. The van der Waals surface area contributed by atoms with Gasteiger partial charge in [-0.1, -0.05) is 293 Å². The van der Waals surface area contributed by atoms with Crippen LogP contribution in [-0.2, 0) is 28.6 Å². The highest BCUT2D eigenvalue weighted by Gasteiger charge is 2.19. The molecule has 75 heavy (non-hydrogen) atoms. The fourth-order valence-electron chi connectivity index (χ4n) is 9.35. The molecule has 6 heteroatoms. The Morgan fingerprint density at radius 3 is 0.840 bits per heavy atom. The van der Waals surface area contributed by atoms with Crippen molar-refractivity contribution in [2.24, 2.45) is 0 Å². The number of unbranched alkanes of at least 4 members (excludes halogenated alkanes) is 36. The summed E-state index contributed by atoms with van der Waals surface area (Å²) >= 11 is 0. The topological polar surface area (TPSA) is 78.9 Å². The molecule has 0 aromatic heterocycles. The van der Waals surface area contributed by atoms with Crippen molar-refractivity contribution in [3.8, 4) is 0 Å². The van der Waals surface area contributed by atoms with E-state index in [4.69, 9.17) is 14.2 Å². The van der Waals surface area contributed by atoms with Crippen molar-refractivity contribution in [3.63, 3.8) is 0 Å². The van der Waals surface area contributed by atoms with E-state index in [9.17, 15) is 14.4 Å². The molecule has 0 heterocycles. The molecule has 0 aliphatic carbocycles. The van der Waals surface area contributed by atoms with Crippen LogP contribution in [0.3, 0.4) is 0 Å². The largest absolute Gasteiger partial charge is 0.462 e. The lowest BCUT2D eigenvalue weighted by atomic mass is 10.0. The van der Waals surface area contributed by atoms with Gasteiger partial charge < -0.3 is 14.2 Å². The predicted molar refractivity (Wildman–Crippen MR) is 325 cm³/mol. The summed E-state index contributed by atoms with van der Waals surface area (Å²) in [5, 5.41) is 0. The highest BCUT2D eigenvalue weighted by molar-refractivity contribution is 5.71. The van der Waals surface area contributed by atoms with E-state index in [0.717, 1.165) is 122 Å². The Labute approximate surface area is 465 Å². The Hall–Kier alpha value is -3.15. The second kappa shape index (κ2) is 63.4. The van der Waals surface area contributed by atoms with Crippen LogP contribution in [0.25, 0.3) is 0 Å². The minimum Gasteiger partial charge on any atom is -0.462 e. The third-order valence-corrected chi connectivity index (χ3v) is 14.2. The molecule has 0 fully saturated rings. The summed E-state index contributed by atoms with van der Waals surface area (Å²) in [6.45, 7) is 6.52. The van der Waals surface area contributed by atoms with Gasteiger partial charge in [-0.05, 0) is 89.9 Å². The van der Waals surface area contributed by atoms with Crippen LogP contribution in [-0.4, -0.2) is 37.2 Å². The number of ether oxygens (including phenoxy) is 3. The van der Waals surface area contributed by atoms with E-state index in [1.54, 1.807) is 0 Å². The van der Waals surface area contributed by atoms with Gasteiger partial charge in [0.2, 0.25) is 0 Å². The van der Waals surface area contributed by atoms with Gasteiger partial charge in [-0.3, -0.25) is 14.4 Å². The molecule has 0 spiro atoms. The molecule has 1 atom stereocenters. The summed E-state index contributed by atoms with van der Waals surface area (Å²) in [5.41, 5.74) is 0. The molecule has 434 valence electrons. The highest BCUT2D eigenvalue weighted by Crippen LogP contribution is 2.17. The Morgan fingerprint density at radius 1 is 0.280 bits per heavy atom. The molecular weight excluding hydrogens is 925 g/mol. The third-order valence-electron chi connectivity index (χ3n) is 14.2. The molecule has 0 saturated carbocycles. The van der Waals surface area contributed by atoms with Gasteiger partial charge in [0.1, 0.15) is 13.2 Å². The summed E-state index contributed by atoms with van der Waals surface area (Å²) in [5.74, 6) is -0.898. The number of carbonyl (C=O) groups excluding carboxylic acids is 3. The molecule has 0 amide bonds. The van der Waals surface area contributed by atoms with Gasteiger partial charge >= 0.3 is 17.9 Å². The van der Waals surface area contributed by atoms with Crippen LogP contribution in [0.15, 0.2) is 72.9 Å². The monoisotopic (exact) mass is 1050 g/mol. The lowest BCUT2D eigenvalue weighted by molar-refractivity contribution is -0.167. The highest BCUT2D eigenvalue weighted by atomic mass is 16.6. The Morgan fingerprint density at radius 2 is 0.520 bits per heavy atom.